The second-order valence-corrected chi connectivity index (χ2v) is 6.75. The molecule has 0 saturated carbocycles. The minimum absolute atomic E-state index is 0.0699. The summed E-state index contributed by atoms with van der Waals surface area (Å²) in [5, 5.41) is 2.60. The Bertz CT molecular complexity index is 782. The molecular weight excluding hydrogens is 374 g/mol. The lowest BCUT2D eigenvalue weighted by atomic mass is 10.1. The number of anilines is 2. The zero-order valence-corrected chi connectivity index (χ0v) is 16.1. The molecule has 1 atom stereocenters. The molecule has 9 nitrogen and oxygen atoms in total. The predicted molar refractivity (Wildman–Crippen MR) is 101 cm³/mol. The number of nitrogen functional groups attached to an aromatic ring is 1. The third kappa shape index (κ3) is 4.33. The number of rotatable bonds is 7. The fraction of sp³-hybridized carbons (Fsp3) is 0.412. The quantitative estimate of drug-likeness (QED) is 0.390. The Labute approximate surface area is 160 Å². The maximum Gasteiger partial charge on any atom is 0.340 e. The van der Waals surface area contributed by atoms with Gasteiger partial charge in [-0.2, -0.15) is 11.8 Å². The molecule has 0 bridgehead atoms. The first-order chi connectivity index (χ1) is 12.8. The number of esters is 2. The van der Waals surface area contributed by atoms with E-state index >= 15 is 0 Å². The summed E-state index contributed by atoms with van der Waals surface area (Å²) in [5.41, 5.74) is 6.39. The van der Waals surface area contributed by atoms with Crippen molar-refractivity contribution in [2.75, 3.05) is 44.6 Å². The molecule has 1 aliphatic heterocycles. The van der Waals surface area contributed by atoms with Crippen LogP contribution in [-0.4, -0.2) is 67.5 Å². The first-order valence-corrected chi connectivity index (χ1v) is 9.33. The van der Waals surface area contributed by atoms with Crippen LogP contribution in [0.5, 0.6) is 0 Å². The monoisotopic (exact) mass is 395 g/mol. The van der Waals surface area contributed by atoms with Crippen LogP contribution in [0.1, 0.15) is 27.1 Å². The molecule has 0 spiro atoms. The molecule has 146 valence electrons. The Hall–Kier alpha value is -2.75. The van der Waals surface area contributed by atoms with Gasteiger partial charge in [-0.1, -0.05) is 0 Å². The van der Waals surface area contributed by atoms with E-state index in [0.717, 1.165) is 0 Å². The first-order valence-electron chi connectivity index (χ1n) is 8.05. The largest absolute Gasteiger partial charge is 0.465 e. The number of likely N-dealkylation sites (tertiary alicyclic amines) is 1. The number of benzene rings is 1. The average Bonchev–Trinajstić information content (AvgIpc) is 2.94. The first kappa shape index (κ1) is 20.6. The van der Waals surface area contributed by atoms with Crippen LogP contribution in [0.2, 0.25) is 0 Å². The van der Waals surface area contributed by atoms with Crippen molar-refractivity contribution in [1.29, 1.82) is 0 Å². The molecule has 2 rings (SSSR count). The van der Waals surface area contributed by atoms with E-state index in [2.05, 4.69) is 10.1 Å². The highest BCUT2D eigenvalue weighted by molar-refractivity contribution is 8.00. The molecule has 1 fully saturated rings. The number of hydrogen-bond acceptors (Lipinski definition) is 9. The fourth-order valence-corrected chi connectivity index (χ4v) is 3.34. The zero-order chi connectivity index (χ0) is 20.1. The molecule has 27 heavy (non-hydrogen) atoms. The van der Waals surface area contributed by atoms with E-state index in [0.29, 0.717) is 0 Å². The minimum atomic E-state index is -0.653. The van der Waals surface area contributed by atoms with Crippen molar-refractivity contribution in [3.8, 4) is 0 Å². The van der Waals surface area contributed by atoms with E-state index < -0.39 is 11.9 Å². The molecule has 0 radical (unpaired) electrons. The summed E-state index contributed by atoms with van der Waals surface area (Å²) in [5.74, 6) is -1.76. The van der Waals surface area contributed by atoms with E-state index in [1.54, 1.807) is 6.26 Å². The van der Waals surface area contributed by atoms with Gasteiger partial charge in [0, 0.05) is 30.9 Å². The molecular formula is C17H21N3O6S. The van der Waals surface area contributed by atoms with E-state index in [4.69, 9.17) is 10.5 Å². The van der Waals surface area contributed by atoms with Gasteiger partial charge in [0.1, 0.15) is 0 Å². The lowest BCUT2D eigenvalue weighted by Gasteiger charge is -2.17. The number of methoxy groups -OCH3 is 2. The molecule has 1 saturated heterocycles. The number of carbonyl (C=O) groups is 4. The van der Waals surface area contributed by atoms with Crippen molar-refractivity contribution in [2.24, 2.45) is 0 Å². The van der Waals surface area contributed by atoms with Crippen molar-refractivity contribution < 1.29 is 28.7 Å². The summed E-state index contributed by atoms with van der Waals surface area (Å²) in [6, 6.07) is 2.70. The number of nitrogens with zero attached hydrogens (tertiary/aromatic N) is 1. The summed E-state index contributed by atoms with van der Waals surface area (Å²) in [7, 11) is 2.44. The van der Waals surface area contributed by atoms with Crippen LogP contribution in [0, 0.1) is 0 Å². The van der Waals surface area contributed by atoms with Crippen LogP contribution < -0.4 is 11.1 Å². The van der Waals surface area contributed by atoms with Crippen LogP contribution in [0.25, 0.3) is 0 Å². The average molecular weight is 395 g/mol. The van der Waals surface area contributed by atoms with Crippen LogP contribution in [0.15, 0.2) is 12.1 Å². The minimum Gasteiger partial charge on any atom is -0.465 e. The standard InChI is InChI=1S/C17H21N3O6S/c1-25-16(23)9-7-12(10(6-11(9)18)17(24)26-2)19-4-5-20-14(21)8-13(27-3)15(20)22/h6-7,13,19H,4-5,8,18H2,1-3H3. The van der Waals surface area contributed by atoms with Crippen molar-refractivity contribution in [2.45, 2.75) is 11.7 Å². The summed E-state index contributed by atoms with van der Waals surface area (Å²) < 4.78 is 9.40. The van der Waals surface area contributed by atoms with E-state index in [-0.39, 0.29) is 59.1 Å². The number of amides is 2. The molecule has 1 aromatic carbocycles. The molecule has 3 N–H and O–H groups in total. The van der Waals surface area contributed by atoms with E-state index in [9.17, 15) is 19.2 Å². The predicted octanol–water partition coefficient (Wildman–Crippen LogP) is 0.744. The Balaban J connectivity index is 2.19. The SMILES string of the molecule is COC(=O)c1cc(NCCN2C(=O)CC(SC)C2=O)c(C(=O)OC)cc1N. The number of hydrogen-bond donors (Lipinski definition) is 2. The third-order valence-electron chi connectivity index (χ3n) is 4.14. The molecule has 1 unspecified atom stereocenters. The maximum atomic E-state index is 12.1. The Morgan fingerprint density at radius 3 is 2.41 bits per heavy atom. The van der Waals surface area contributed by atoms with Crippen molar-refractivity contribution >= 4 is 46.9 Å². The summed E-state index contributed by atoms with van der Waals surface area (Å²) in [6.07, 6.45) is 1.96. The number of imide groups is 1. The second-order valence-electron chi connectivity index (χ2n) is 5.71. The Morgan fingerprint density at radius 1 is 1.22 bits per heavy atom. The number of thioether (sulfide) groups is 1. The maximum absolute atomic E-state index is 12.1. The third-order valence-corrected chi connectivity index (χ3v) is 5.08. The lowest BCUT2D eigenvalue weighted by molar-refractivity contribution is -0.138. The number of nitrogens with two attached hydrogens (primary N) is 1. The van der Waals surface area contributed by atoms with Gasteiger partial charge in [0.15, 0.2) is 0 Å². The molecule has 1 aliphatic rings. The van der Waals surface area contributed by atoms with Gasteiger partial charge in [-0.25, -0.2) is 9.59 Å². The summed E-state index contributed by atoms with van der Waals surface area (Å²) >= 11 is 1.34. The summed E-state index contributed by atoms with van der Waals surface area (Å²) in [6.45, 7) is 0.320. The smallest absolute Gasteiger partial charge is 0.340 e. The van der Waals surface area contributed by atoms with Crippen molar-refractivity contribution in [3.05, 3.63) is 23.3 Å². The molecule has 1 aromatic rings. The fourth-order valence-electron chi connectivity index (χ4n) is 2.70. The van der Waals surface area contributed by atoms with E-state index in [1.165, 1.54) is 43.0 Å². The highest BCUT2D eigenvalue weighted by Crippen LogP contribution is 2.26. The summed E-state index contributed by atoms with van der Waals surface area (Å²) in [4.78, 5) is 49.1. The van der Waals surface area contributed by atoms with Gasteiger partial charge in [-0.15, -0.1) is 0 Å². The van der Waals surface area contributed by atoms with Gasteiger partial charge in [-0.3, -0.25) is 14.5 Å². The second kappa shape index (κ2) is 8.76. The topological polar surface area (TPSA) is 128 Å². The van der Waals surface area contributed by atoms with Gasteiger partial charge in [0.2, 0.25) is 11.8 Å². The number of carbonyl (C=O) groups excluding carboxylic acids is 4. The Kier molecular flexibility index (Phi) is 6.67. The highest BCUT2D eigenvalue weighted by Gasteiger charge is 2.37. The molecule has 10 heteroatoms. The molecule has 0 aliphatic carbocycles. The Morgan fingerprint density at radius 2 is 1.85 bits per heavy atom. The van der Waals surface area contributed by atoms with Crippen molar-refractivity contribution in [1.82, 2.24) is 4.90 Å². The van der Waals surface area contributed by atoms with Crippen LogP contribution in [0.4, 0.5) is 11.4 Å². The van der Waals surface area contributed by atoms with E-state index in [1.807, 2.05) is 0 Å². The van der Waals surface area contributed by atoms with Gasteiger partial charge < -0.3 is 20.5 Å². The van der Waals surface area contributed by atoms with Gasteiger partial charge in [0.05, 0.1) is 30.6 Å². The molecule has 0 aromatic heterocycles. The zero-order valence-electron chi connectivity index (χ0n) is 15.2. The van der Waals surface area contributed by atoms with Gasteiger partial charge in [0.25, 0.3) is 0 Å². The number of nitrogens with one attached hydrogen (secondary N) is 1. The van der Waals surface area contributed by atoms with Gasteiger partial charge in [-0.05, 0) is 18.4 Å². The van der Waals surface area contributed by atoms with Crippen LogP contribution in [-0.2, 0) is 19.1 Å². The number of ether oxygens (including phenoxy) is 2. The van der Waals surface area contributed by atoms with Crippen molar-refractivity contribution in [3.63, 3.8) is 0 Å². The highest BCUT2D eigenvalue weighted by atomic mass is 32.2. The molecule has 2 amide bonds. The van der Waals surface area contributed by atoms with Crippen LogP contribution in [0.3, 0.4) is 0 Å². The molecule has 1 heterocycles. The lowest BCUT2D eigenvalue weighted by Crippen LogP contribution is -2.35. The van der Waals surface area contributed by atoms with Gasteiger partial charge >= 0.3 is 11.9 Å². The normalized spacial score (nSPS) is 16.4. The van der Waals surface area contributed by atoms with Crippen LogP contribution >= 0.6 is 11.8 Å².